The molecule has 0 aliphatic carbocycles. The van der Waals surface area contributed by atoms with E-state index in [0.29, 0.717) is 12.8 Å². The van der Waals surface area contributed by atoms with Gasteiger partial charge in [0.1, 0.15) is 73.2 Å². The van der Waals surface area contributed by atoms with Crippen LogP contribution in [0, 0.1) is 0 Å². The van der Waals surface area contributed by atoms with E-state index in [4.69, 9.17) is 28.4 Å². The molecule has 3 rings (SSSR count). The van der Waals surface area contributed by atoms with E-state index in [9.17, 15) is 61.0 Å². The first-order chi connectivity index (χ1) is 45.8. The van der Waals surface area contributed by atoms with Crippen molar-refractivity contribution >= 4 is 5.91 Å². The van der Waals surface area contributed by atoms with Crippen LogP contribution >= 0.6 is 0 Å². The number of hydrogen-bond acceptors (Lipinski definition) is 18. The number of nitrogens with one attached hydrogen (secondary N) is 1. The standard InChI is InChI=1S/C75H131NO18/c1-3-5-7-9-11-13-15-17-19-21-23-25-26-27-28-29-30-31-33-34-36-38-40-42-44-46-48-50-52-59(80)58(76-63(81)53-51-49-47-45-43-41-39-37-35-32-24-22-20-18-16-14-12-10-8-6-4-2)57-89-73-69(87)66(84)71(61(55-78)91-73)94-75-70(88)67(85)72(62(56-79)92-75)93-74-68(86)65(83)64(82)60(54-77)90-74/h6,8,12,14,18,20,24,32,34,36,42,44,50,52,58-62,64-75,77-80,82-88H,3-5,7,9-11,13,15-17,19,21-23,25-31,33,35,37-41,43,45-49,51,53-57H2,1-2H3,(H,76,81)/b8-6-,14-12-,20-18-,32-24-,36-34+,44-42+,52-50+. The molecule has 0 saturated carbocycles. The van der Waals surface area contributed by atoms with Crippen molar-refractivity contribution in [1.29, 1.82) is 0 Å². The lowest BCUT2D eigenvalue weighted by Crippen LogP contribution is -2.66. The zero-order valence-electron chi connectivity index (χ0n) is 57.7. The third kappa shape index (κ3) is 36.7. The van der Waals surface area contributed by atoms with E-state index >= 15 is 0 Å². The second-order valence-electron chi connectivity index (χ2n) is 26.0. The SMILES string of the molecule is CC/C=C\C/C=C\C/C=C\C/C=C\CCCCCCCCCCC(=O)NC(COC1OC(CO)C(OC2OC(CO)C(OC3OC(CO)C(O)C(O)C3O)C(O)C2O)C(O)C1O)C(O)/C=C/CC/C=C/CC/C=C/CCCCCCCCCCCCCCCCCCCC. The van der Waals surface area contributed by atoms with Crippen molar-refractivity contribution in [3.8, 4) is 0 Å². The van der Waals surface area contributed by atoms with Gasteiger partial charge in [0.15, 0.2) is 18.9 Å². The molecule has 0 spiro atoms. The van der Waals surface area contributed by atoms with Crippen LogP contribution in [0.1, 0.15) is 251 Å². The fraction of sp³-hybridized carbons (Fsp3) is 0.800. The van der Waals surface area contributed by atoms with Gasteiger partial charge in [-0.25, -0.2) is 0 Å². The molecular formula is C75H131NO18. The van der Waals surface area contributed by atoms with Crippen LogP contribution in [-0.4, -0.2) is 193 Å². The summed E-state index contributed by atoms with van der Waals surface area (Å²) in [5, 5.41) is 121. The van der Waals surface area contributed by atoms with Crippen LogP contribution in [0.4, 0.5) is 0 Å². The lowest BCUT2D eigenvalue weighted by atomic mass is 9.96. The second-order valence-corrected chi connectivity index (χ2v) is 26.0. The predicted molar refractivity (Wildman–Crippen MR) is 369 cm³/mol. The van der Waals surface area contributed by atoms with E-state index in [-0.39, 0.29) is 18.9 Å². The minimum Gasteiger partial charge on any atom is -0.394 e. The fourth-order valence-electron chi connectivity index (χ4n) is 12.0. The smallest absolute Gasteiger partial charge is 0.220 e. The van der Waals surface area contributed by atoms with Gasteiger partial charge in [-0.15, -0.1) is 0 Å². The third-order valence-corrected chi connectivity index (χ3v) is 17.9. The molecule has 19 nitrogen and oxygen atoms in total. The molecule has 3 heterocycles. The number of rotatable bonds is 56. The Labute approximate surface area is 565 Å². The average Bonchev–Trinajstić information content (AvgIpc) is 0.787. The quantitative estimate of drug-likeness (QED) is 0.0199. The van der Waals surface area contributed by atoms with Crippen molar-refractivity contribution in [1.82, 2.24) is 5.32 Å². The van der Waals surface area contributed by atoms with Crippen molar-refractivity contribution in [2.75, 3.05) is 26.4 Å². The number of carbonyl (C=O) groups excluding carboxylic acids is 1. The van der Waals surface area contributed by atoms with Crippen molar-refractivity contribution in [2.45, 2.75) is 356 Å². The van der Waals surface area contributed by atoms with Gasteiger partial charge in [-0.05, 0) is 83.5 Å². The summed E-state index contributed by atoms with van der Waals surface area (Å²) in [6.45, 7) is 1.60. The second kappa shape index (κ2) is 55.8. The number of allylic oxidation sites excluding steroid dienone is 13. The Hall–Kier alpha value is -3.03. The molecule has 3 aliphatic rings. The van der Waals surface area contributed by atoms with Crippen LogP contribution in [0.3, 0.4) is 0 Å². The average molecular weight is 1330 g/mol. The molecule has 3 fully saturated rings. The molecular weight excluding hydrogens is 1200 g/mol. The Balaban J connectivity index is 1.44. The zero-order valence-corrected chi connectivity index (χ0v) is 57.7. The van der Waals surface area contributed by atoms with Gasteiger partial charge < -0.3 is 89.9 Å². The van der Waals surface area contributed by atoms with Crippen LogP contribution in [-0.2, 0) is 33.2 Å². The van der Waals surface area contributed by atoms with Gasteiger partial charge in [0.05, 0.1) is 38.6 Å². The Bertz CT molecular complexity index is 2030. The molecule has 3 aliphatic heterocycles. The van der Waals surface area contributed by atoms with Gasteiger partial charge in [0.2, 0.25) is 5.91 Å². The lowest BCUT2D eigenvalue weighted by Gasteiger charge is -2.48. The summed E-state index contributed by atoms with van der Waals surface area (Å²) in [6.07, 6.45) is 45.6. The normalized spacial score (nSPS) is 27.9. The van der Waals surface area contributed by atoms with E-state index in [1.54, 1.807) is 6.08 Å². The first kappa shape index (κ1) is 85.2. The van der Waals surface area contributed by atoms with Crippen LogP contribution in [0.15, 0.2) is 85.1 Å². The summed E-state index contributed by atoms with van der Waals surface area (Å²) in [5.41, 5.74) is 0. The maximum Gasteiger partial charge on any atom is 0.220 e. The lowest BCUT2D eigenvalue weighted by molar-refractivity contribution is -0.379. The predicted octanol–water partition coefficient (Wildman–Crippen LogP) is 10.7. The number of carbonyl (C=O) groups is 1. The Morgan fingerprint density at radius 3 is 1.19 bits per heavy atom. The summed E-state index contributed by atoms with van der Waals surface area (Å²) in [7, 11) is 0. The molecule has 17 unspecified atom stereocenters. The van der Waals surface area contributed by atoms with Gasteiger partial charge in [-0.1, -0.05) is 247 Å². The molecule has 94 heavy (non-hydrogen) atoms. The molecule has 12 N–H and O–H groups in total. The Morgan fingerprint density at radius 2 is 0.745 bits per heavy atom. The Morgan fingerprint density at radius 1 is 0.394 bits per heavy atom. The van der Waals surface area contributed by atoms with Crippen molar-refractivity contribution in [3.63, 3.8) is 0 Å². The van der Waals surface area contributed by atoms with E-state index in [0.717, 1.165) is 89.9 Å². The molecule has 0 bridgehead atoms. The maximum atomic E-state index is 13.4. The molecule has 3 saturated heterocycles. The highest BCUT2D eigenvalue weighted by atomic mass is 16.8. The minimum absolute atomic E-state index is 0.218. The summed E-state index contributed by atoms with van der Waals surface area (Å²) < 4.78 is 34.4. The highest BCUT2D eigenvalue weighted by Gasteiger charge is 2.53. The minimum atomic E-state index is -1.99. The van der Waals surface area contributed by atoms with E-state index < -0.39 is 124 Å². The fourth-order valence-corrected chi connectivity index (χ4v) is 12.0. The number of unbranched alkanes of at least 4 members (excludes halogenated alkanes) is 28. The number of amides is 1. The molecule has 0 aromatic rings. The van der Waals surface area contributed by atoms with E-state index in [1.807, 2.05) is 6.08 Å². The van der Waals surface area contributed by atoms with Crippen LogP contribution in [0.5, 0.6) is 0 Å². The highest BCUT2D eigenvalue weighted by Crippen LogP contribution is 2.33. The van der Waals surface area contributed by atoms with Gasteiger partial charge >= 0.3 is 0 Å². The zero-order chi connectivity index (χ0) is 68.2. The van der Waals surface area contributed by atoms with Crippen molar-refractivity contribution in [2.24, 2.45) is 0 Å². The molecule has 544 valence electrons. The molecule has 17 atom stereocenters. The van der Waals surface area contributed by atoms with Crippen LogP contribution in [0.2, 0.25) is 0 Å². The van der Waals surface area contributed by atoms with Gasteiger partial charge in [0.25, 0.3) is 0 Å². The topological polar surface area (TPSA) is 307 Å². The molecule has 1 amide bonds. The molecule has 0 radical (unpaired) electrons. The summed E-state index contributed by atoms with van der Waals surface area (Å²) in [5.74, 6) is -0.300. The Kier molecular flexibility index (Phi) is 50.6. The monoisotopic (exact) mass is 1330 g/mol. The number of hydrogen-bond donors (Lipinski definition) is 12. The van der Waals surface area contributed by atoms with Crippen LogP contribution < -0.4 is 5.32 Å². The van der Waals surface area contributed by atoms with Crippen LogP contribution in [0.25, 0.3) is 0 Å². The molecule has 19 heteroatoms. The van der Waals surface area contributed by atoms with Crippen molar-refractivity contribution in [3.05, 3.63) is 85.1 Å². The largest absolute Gasteiger partial charge is 0.394 e. The van der Waals surface area contributed by atoms with Crippen molar-refractivity contribution < 1.29 is 89.4 Å². The third-order valence-electron chi connectivity index (χ3n) is 17.9. The van der Waals surface area contributed by atoms with Gasteiger partial charge in [0, 0.05) is 6.42 Å². The van der Waals surface area contributed by atoms with Gasteiger partial charge in [-0.2, -0.15) is 0 Å². The van der Waals surface area contributed by atoms with E-state index in [2.05, 4.69) is 92.1 Å². The first-order valence-corrected chi connectivity index (χ1v) is 36.8. The maximum absolute atomic E-state index is 13.4. The number of ether oxygens (including phenoxy) is 6. The number of aliphatic hydroxyl groups excluding tert-OH is 11. The molecule has 0 aromatic heterocycles. The summed E-state index contributed by atoms with van der Waals surface area (Å²) in [6, 6.07) is -1.01. The molecule has 0 aromatic carbocycles. The van der Waals surface area contributed by atoms with Gasteiger partial charge in [-0.3, -0.25) is 4.79 Å². The highest BCUT2D eigenvalue weighted by molar-refractivity contribution is 5.76. The van der Waals surface area contributed by atoms with E-state index in [1.165, 1.54) is 128 Å². The number of aliphatic hydroxyl groups is 11. The summed E-state index contributed by atoms with van der Waals surface area (Å²) >= 11 is 0. The first-order valence-electron chi connectivity index (χ1n) is 36.8. The summed E-state index contributed by atoms with van der Waals surface area (Å²) in [4.78, 5) is 13.4.